The zero-order valence-electron chi connectivity index (χ0n) is 13.4. The highest BCUT2D eigenvalue weighted by Gasteiger charge is 2.31. The Bertz CT molecular complexity index is 502. The Balaban J connectivity index is 0.00000264. The van der Waals surface area contributed by atoms with Crippen LogP contribution in [0.5, 0.6) is 0 Å². The van der Waals surface area contributed by atoms with E-state index in [9.17, 15) is 9.59 Å². The molecule has 0 bridgehead atoms. The zero-order chi connectivity index (χ0) is 15.9. The number of esters is 1. The molecular weight excluding hydrogens is 316 g/mol. The zero-order valence-corrected chi connectivity index (χ0v) is 14.3. The van der Waals surface area contributed by atoms with E-state index in [4.69, 9.17) is 10.5 Å². The van der Waals surface area contributed by atoms with Gasteiger partial charge in [0.15, 0.2) is 0 Å². The molecule has 0 saturated carbocycles. The van der Waals surface area contributed by atoms with Gasteiger partial charge in [0.1, 0.15) is 0 Å². The number of nitrogens with zero attached hydrogens (tertiary/aromatic N) is 1. The van der Waals surface area contributed by atoms with Gasteiger partial charge < -0.3 is 15.4 Å². The maximum absolute atomic E-state index is 12.7. The van der Waals surface area contributed by atoms with Crippen molar-refractivity contribution in [2.24, 2.45) is 11.7 Å². The van der Waals surface area contributed by atoms with Crippen molar-refractivity contribution in [3.63, 3.8) is 0 Å². The Labute approximate surface area is 143 Å². The van der Waals surface area contributed by atoms with E-state index in [0.717, 1.165) is 5.56 Å². The average Bonchev–Trinajstić information content (AvgIpc) is 2.57. The SMILES string of the molecule is CCOC(=O)C1CCN(C(=O)C(CN)c2ccccc2)CC1.Cl. The number of hydrogen-bond acceptors (Lipinski definition) is 4. The lowest BCUT2D eigenvalue weighted by atomic mass is 9.93. The van der Waals surface area contributed by atoms with Crippen molar-refractivity contribution in [2.45, 2.75) is 25.7 Å². The topological polar surface area (TPSA) is 72.6 Å². The molecule has 1 unspecified atom stereocenters. The van der Waals surface area contributed by atoms with Gasteiger partial charge in [-0.2, -0.15) is 0 Å². The Kier molecular flexibility index (Phi) is 8.06. The molecule has 128 valence electrons. The number of nitrogens with two attached hydrogens (primary N) is 1. The van der Waals surface area contributed by atoms with Gasteiger partial charge >= 0.3 is 5.97 Å². The predicted molar refractivity (Wildman–Crippen MR) is 91.4 cm³/mol. The van der Waals surface area contributed by atoms with Crippen LogP contribution in [0.4, 0.5) is 0 Å². The number of halogens is 1. The van der Waals surface area contributed by atoms with Gasteiger partial charge in [-0.05, 0) is 25.3 Å². The minimum absolute atomic E-state index is 0. The molecule has 2 N–H and O–H groups in total. The van der Waals surface area contributed by atoms with Gasteiger partial charge in [0.2, 0.25) is 5.91 Å². The second-order valence-corrected chi connectivity index (χ2v) is 5.55. The van der Waals surface area contributed by atoms with Crippen LogP contribution in [0.2, 0.25) is 0 Å². The maximum Gasteiger partial charge on any atom is 0.309 e. The average molecular weight is 341 g/mol. The number of rotatable bonds is 5. The van der Waals surface area contributed by atoms with Gasteiger partial charge in [0.05, 0.1) is 18.4 Å². The monoisotopic (exact) mass is 340 g/mol. The molecule has 1 amide bonds. The summed E-state index contributed by atoms with van der Waals surface area (Å²) >= 11 is 0. The summed E-state index contributed by atoms with van der Waals surface area (Å²) in [5.74, 6) is -0.485. The lowest BCUT2D eigenvalue weighted by Gasteiger charge is -2.33. The fourth-order valence-electron chi connectivity index (χ4n) is 2.88. The molecule has 0 spiro atoms. The number of carbonyl (C=O) groups excluding carboxylic acids is 2. The number of piperidine rings is 1. The van der Waals surface area contributed by atoms with Crippen molar-refractivity contribution < 1.29 is 14.3 Å². The van der Waals surface area contributed by atoms with Crippen molar-refractivity contribution in [1.29, 1.82) is 0 Å². The van der Waals surface area contributed by atoms with Crippen molar-refractivity contribution in [3.05, 3.63) is 35.9 Å². The van der Waals surface area contributed by atoms with Gasteiger partial charge in [-0.1, -0.05) is 30.3 Å². The molecule has 1 fully saturated rings. The van der Waals surface area contributed by atoms with Crippen LogP contribution in [0.25, 0.3) is 0 Å². The van der Waals surface area contributed by atoms with E-state index in [2.05, 4.69) is 0 Å². The summed E-state index contributed by atoms with van der Waals surface area (Å²) in [5, 5.41) is 0. The first-order chi connectivity index (χ1) is 10.7. The minimum Gasteiger partial charge on any atom is -0.466 e. The van der Waals surface area contributed by atoms with E-state index < -0.39 is 0 Å². The summed E-state index contributed by atoms with van der Waals surface area (Å²) in [6.07, 6.45) is 1.33. The molecule has 1 heterocycles. The minimum atomic E-state index is -0.305. The van der Waals surface area contributed by atoms with Crippen molar-refractivity contribution >= 4 is 24.3 Å². The van der Waals surface area contributed by atoms with Crippen molar-refractivity contribution in [1.82, 2.24) is 4.90 Å². The fraction of sp³-hybridized carbons (Fsp3) is 0.529. The molecule has 1 atom stereocenters. The van der Waals surface area contributed by atoms with Crippen LogP contribution >= 0.6 is 12.4 Å². The van der Waals surface area contributed by atoms with E-state index in [1.54, 1.807) is 0 Å². The third-order valence-corrected chi connectivity index (χ3v) is 4.16. The van der Waals surface area contributed by atoms with Gasteiger partial charge in [0.25, 0.3) is 0 Å². The molecular formula is C17H25ClN2O3. The largest absolute Gasteiger partial charge is 0.466 e. The highest BCUT2D eigenvalue weighted by atomic mass is 35.5. The molecule has 1 aliphatic rings. The maximum atomic E-state index is 12.7. The van der Waals surface area contributed by atoms with Crippen LogP contribution in [0.3, 0.4) is 0 Å². The van der Waals surface area contributed by atoms with Crippen molar-refractivity contribution in [2.75, 3.05) is 26.2 Å². The molecule has 6 heteroatoms. The Hall–Kier alpha value is -1.59. The molecule has 0 radical (unpaired) electrons. The number of likely N-dealkylation sites (tertiary alicyclic amines) is 1. The van der Waals surface area contributed by atoms with E-state index in [-0.39, 0.29) is 36.1 Å². The summed E-state index contributed by atoms with van der Waals surface area (Å²) in [4.78, 5) is 26.2. The highest BCUT2D eigenvalue weighted by Crippen LogP contribution is 2.23. The quantitative estimate of drug-likeness (QED) is 0.831. The smallest absolute Gasteiger partial charge is 0.309 e. The number of amides is 1. The van der Waals surface area contributed by atoms with E-state index in [1.165, 1.54) is 0 Å². The molecule has 1 aromatic rings. The second kappa shape index (κ2) is 9.53. The lowest BCUT2D eigenvalue weighted by Crippen LogP contribution is -2.44. The van der Waals surface area contributed by atoms with Crippen LogP contribution in [0.15, 0.2) is 30.3 Å². The summed E-state index contributed by atoms with van der Waals surface area (Å²) in [5.41, 5.74) is 6.75. The Morgan fingerprint density at radius 2 is 1.87 bits per heavy atom. The summed E-state index contributed by atoms with van der Waals surface area (Å²) in [6.45, 7) is 3.68. The van der Waals surface area contributed by atoms with Gasteiger partial charge in [-0.25, -0.2) is 0 Å². The first-order valence-electron chi connectivity index (χ1n) is 7.87. The molecule has 23 heavy (non-hydrogen) atoms. The second-order valence-electron chi connectivity index (χ2n) is 5.55. The van der Waals surface area contributed by atoms with Crippen LogP contribution < -0.4 is 5.73 Å². The summed E-state index contributed by atoms with van der Waals surface area (Å²) in [6, 6.07) is 9.62. The fourth-order valence-corrected chi connectivity index (χ4v) is 2.88. The molecule has 0 aromatic heterocycles. The number of benzene rings is 1. The van der Waals surface area contributed by atoms with Crippen LogP contribution in [0, 0.1) is 5.92 Å². The molecule has 5 nitrogen and oxygen atoms in total. The van der Waals surface area contributed by atoms with Gasteiger partial charge in [0, 0.05) is 19.6 Å². The Morgan fingerprint density at radius 1 is 1.26 bits per heavy atom. The molecule has 1 saturated heterocycles. The first kappa shape index (κ1) is 19.5. The van der Waals surface area contributed by atoms with Crippen LogP contribution in [-0.4, -0.2) is 43.0 Å². The number of hydrogen-bond donors (Lipinski definition) is 1. The third kappa shape index (κ3) is 4.94. The van der Waals surface area contributed by atoms with Crippen LogP contribution in [0.1, 0.15) is 31.2 Å². The standard InChI is InChI=1S/C17H24N2O3.ClH/c1-2-22-17(21)14-8-10-19(11-9-14)16(20)15(12-18)13-6-4-3-5-7-13;/h3-7,14-15H,2,8-12,18H2,1H3;1H. The van der Waals surface area contributed by atoms with Gasteiger partial charge in [-0.3, -0.25) is 9.59 Å². The first-order valence-corrected chi connectivity index (χ1v) is 7.87. The summed E-state index contributed by atoms with van der Waals surface area (Å²) in [7, 11) is 0. The van der Waals surface area contributed by atoms with Crippen molar-refractivity contribution in [3.8, 4) is 0 Å². The molecule has 1 aromatic carbocycles. The van der Waals surface area contributed by atoms with E-state index in [0.29, 0.717) is 39.1 Å². The lowest BCUT2D eigenvalue weighted by molar-refractivity contribution is -0.151. The van der Waals surface area contributed by atoms with E-state index in [1.807, 2.05) is 42.2 Å². The van der Waals surface area contributed by atoms with Gasteiger partial charge in [-0.15, -0.1) is 12.4 Å². The van der Waals surface area contributed by atoms with E-state index >= 15 is 0 Å². The molecule has 0 aliphatic carbocycles. The summed E-state index contributed by atoms with van der Waals surface area (Å²) < 4.78 is 5.05. The Morgan fingerprint density at radius 3 is 2.39 bits per heavy atom. The molecule has 1 aliphatic heterocycles. The predicted octanol–water partition coefficient (Wildman–Crippen LogP) is 1.95. The normalized spacial score (nSPS) is 16.3. The number of carbonyl (C=O) groups is 2. The highest BCUT2D eigenvalue weighted by molar-refractivity contribution is 5.85. The number of ether oxygens (including phenoxy) is 1. The molecule has 2 rings (SSSR count). The third-order valence-electron chi connectivity index (χ3n) is 4.16. The van der Waals surface area contributed by atoms with Crippen LogP contribution in [-0.2, 0) is 14.3 Å².